The predicted octanol–water partition coefficient (Wildman–Crippen LogP) is 2.40. The van der Waals surface area contributed by atoms with Crippen molar-refractivity contribution >= 4 is 11.9 Å². The molecule has 0 saturated carbocycles. The number of carbonyl (C=O) groups is 2. The standard InChI is InChI=1S/C18H18F3N3O4/c1-9(2)14(17(27)28)22-16(26)15-13(25)8-10(3)24(23-15)12-7-5-4-6-11(12)18(19,20)21/h4-9,14H,1-3H3,(H,22,26)(H,27,28)/t14-/m0/s1. The summed E-state index contributed by atoms with van der Waals surface area (Å²) in [6.07, 6.45) is -4.68. The van der Waals surface area contributed by atoms with Crippen LogP contribution in [0.25, 0.3) is 5.69 Å². The lowest BCUT2D eigenvalue weighted by molar-refractivity contribution is -0.140. The first-order valence-corrected chi connectivity index (χ1v) is 8.24. The summed E-state index contributed by atoms with van der Waals surface area (Å²) in [6, 6.07) is 4.27. The molecule has 1 amide bonds. The van der Waals surface area contributed by atoms with Gasteiger partial charge >= 0.3 is 12.1 Å². The second kappa shape index (κ2) is 7.83. The van der Waals surface area contributed by atoms with Gasteiger partial charge in [0.25, 0.3) is 5.91 Å². The highest BCUT2D eigenvalue weighted by Crippen LogP contribution is 2.33. The number of amides is 1. The molecular formula is C18H18F3N3O4. The van der Waals surface area contributed by atoms with Crippen LogP contribution in [0.4, 0.5) is 13.2 Å². The normalized spacial score (nSPS) is 12.7. The van der Waals surface area contributed by atoms with Crippen molar-refractivity contribution in [2.45, 2.75) is 33.0 Å². The molecule has 2 aromatic rings. The number of aryl methyl sites for hydroxylation is 1. The van der Waals surface area contributed by atoms with Crippen LogP contribution >= 0.6 is 0 Å². The van der Waals surface area contributed by atoms with Crippen molar-refractivity contribution in [3.63, 3.8) is 0 Å². The molecule has 150 valence electrons. The van der Waals surface area contributed by atoms with Crippen LogP contribution < -0.4 is 10.7 Å². The Balaban J connectivity index is 2.57. The molecule has 10 heteroatoms. The van der Waals surface area contributed by atoms with Gasteiger partial charge in [-0.1, -0.05) is 26.0 Å². The number of nitrogens with one attached hydrogen (secondary N) is 1. The fourth-order valence-corrected chi connectivity index (χ4v) is 2.57. The number of hydrogen-bond acceptors (Lipinski definition) is 4. The van der Waals surface area contributed by atoms with E-state index < -0.39 is 46.7 Å². The van der Waals surface area contributed by atoms with Gasteiger partial charge in [0.05, 0.1) is 11.3 Å². The van der Waals surface area contributed by atoms with E-state index in [1.807, 2.05) is 0 Å². The summed E-state index contributed by atoms with van der Waals surface area (Å²) in [4.78, 5) is 35.8. The molecule has 0 radical (unpaired) electrons. The molecule has 0 aliphatic heterocycles. The largest absolute Gasteiger partial charge is 0.480 e. The summed E-state index contributed by atoms with van der Waals surface area (Å²) in [7, 11) is 0. The third-order valence-corrected chi connectivity index (χ3v) is 3.98. The van der Waals surface area contributed by atoms with Crippen molar-refractivity contribution in [2.24, 2.45) is 5.92 Å². The maximum Gasteiger partial charge on any atom is 0.418 e. The average molecular weight is 397 g/mol. The van der Waals surface area contributed by atoms with E-state index in [0.29, 0.717) is 0 Å². The average Bonchev–Trinajstić information content (AvgIpc) is 2.58. The van der Waals surface area contributed by atoms with Gasteiger partial charge in [0, 0.05) is 11.8 Å². The number of halogens is 3. The molecule has 0 unspecified atom stereocenters. The molecular weight excluding hydrogens is 379 g/mol. The highest BCUT2D eigenvalue weighted by atomic mass is 19.4. The molecule has 2 N–H and O–H groups in total. The molecule has 1 aromatic heterocycles. The first-order valence-electron chi connectivity index (χ1n) is 8.24. The molecule has 0 spiro atoms. The topological polar surface area (TPSA) is 101 Å². The molecule has 28 heavy (non-hydrogen) atoms. The molecule has 0 aliphatic carbocycles. The number of nitrogens with zero attached hydrogens (tertiary/aromatic N) is 2. The lowest BCUT2D eigenvalue weighted by atomic mass is 10.0. The monoisotopic (exact) mass is 397 g/mol. The number of para-hydroxylation sites is 1. The smallest absolute Gasteiger partial charge is 0.418 e. The van der Waals surface area contributed by atoms with Crippen molar-refractivity contribution in [3.05, 3.63) is 57.5 Å². The number of carbonyl (C=O) groups excluding carboxylic acids is 1. The van der Waals surface area contributed by atoms with Crippen molar-refractivity contribution in [3.8, 4) is 5.69 Å². The van der Waals surface area contributed by atoms with E-state index in [1.165, 1.54) is 19.1 Å². The summed E-state index contributed by atoms with van der Waals surface area (Å²) in [6.45, 7) is 4.48. The minimum absolute atomic E-state index is 0.0805. The van der Waals surface area contributed by atoms with E-state index in [-0.39, 0.29) is 11.4 Å². The second-order valence-electron chi connectivity index (χ2n) is 6.46. The molecule has 1 aromatic carbocycles. The zero-order valence-electron chi connectivity index (χ0n) is 15.2. The SMILES string of the molecule is Cc1cc(=O)c(C(=O)N[C@H](C(=O)O)C(C)C)nn1-c1ccccc1C(F)(F)F. The summed E-state index contributed by atoms with van der Waals surface area (Å²) >= 11 is 0. The van der Waals surface area contributed by atoms with Gasteiger partial charge in [0.2, 0.25) is 5.43 Å². The Morgan fingerprint density at radius 1 is 1.21 bits per heavy atom. The number of hydrogen-bond donors (Lipinski definition) is 2. The van der Waals surface area contributed by atoms with E-state index >= 15 is 0 Å². The Kier molecular flexibility index (Phi) is 5.91. The van der Waals surface area contributed by atoms with Crippen LogP contribution in [0.2, 0.25) is 0 Å². The van der Waals surface area contributed by atoms with Crippen LogP contribution in [0, 0.1) is 12.8 Å². The lowest BCUT2D eigenvalue weighted by Gasteiger charge is -2.19. The van der Waals surface area contributed by atoms with Gasteiger partial charge < -0.3 is 10.4 Å². The maximum atomic E-state index is 13.3. The lowest BCUT2D eigenvalue weighted by Crippen LogP contribution is -2.46. The summed E-state index contributed by atoms with van der Waals surface area (Å²) in [5, 5.41) is 15.1. The summed E-state index contributed by atoms with van der Waals surface area (Å²) < 4.78 is 40.8. The number of aromatic nitrogens is 2. The van der Waals surface area contributed by atoms with Crippen LogP contribution in [-0.2, 0) is 11.0 Å². The highest BCUT2D eigenvalue weighted by molar-refractivity contribution is 5.94. The molecule has 1 heterocycles. The van der Waals surface area contributed by atoms with Gasteiger partial charge in [-0.25, -0.2) is 9.48 Å². The number of benzene rings is 1. The predicted molar refractivity (Wildman–Crippen MR) is 93.3 cm³/mol. The number of carboxylic acid groups (broad SMARTS) is 1. The van der Waals surface area contributed by atoms with E-state index in [9.17, 15) is 27.6 Å². The second-order valence-corrected chi connectivity index (χ2v) is 6.46. The molecule has 1 atom stereocenters. The van der Waals surface area contributed by atoms with E-state index in [4.69, 9.17) is 5.11 Å². The zero-order valence-corrected chi connectivity index (χ0v) is 15.2. The summed E-state index contributed by atoms with van der Waals surface area (Å²) in [5.74, 6) is -2.87. The quantitative estimate of drug-likeness (QED) is 0.807. The number of alkyl halides is 3. The number of aliphatic carboxylic acids is 1. The van der Waals surface area contributed by atoms with Crippen molar-refractivity contribution in [1.82, 2.24) is 15.1 Å². The highest BCUT2D eigenvalue weighted by Gasteiger charge is 2.34. The summed E-state index contributed by atoms with van der Waals surface area (Å²) in [5.41, 5.74) is -2.80. The van der Waals surface area contributed by atoms with Crippen LogP contribution in [0.3, 0.4) is 0 Å². The van der Waals surface area contributed by atoms with E-state index in [2.05, 4.69) is 10.4 Å². The van der Waals surface area contributed by atoms with Gasteiger partial charge in [-0.2, -0.15) is 18.3 Å². The van der Waals surface area contributed by atoms with Gasteiger partial charge in [0.1, 0.15) is 6.04 Å². The molecule has 0 fully saturated rings. The molecule has 2 rings (SSSR count). The van der Waals surface area contributed by atoms with Gasteiger partial charge in [0.15, 0.2) is 5.69 Å². The van der Waals surface area contributed by atoms with Gasteiger partial charge in [-0.3, -0.25) is 9.59 Å². The zero-order chi connectivity index (χ0) is 21.2. The van der Waals surface area contributed by atoms with Gasteiger partial charge in [-0.05, 0) is 25.0 Å². The third kappa shape index (κ3) is 4.38. The Morgan fingerprint density at radius 2 is 1.82 bits per heavy atom. The van der Waals surface area contributed by atoms with Crippen molar-refractivity contribution in [1.29, 1.82) is 0 Å². The third-order valence-electron chi connectivity index (χ3n) is 3.98. The minimum Gasteiger partial charge on any atom is -0.480 e. The van der Waals surface area contributed by atoms with Crippen molar-refractivity contribution in [2.75, 3.05) is 0 Å². The molecule has 0 bridgehead atoms. The van der Waals surface area contributed by atoms with Crippen LogP contribution in [0.5, 0.6) is 0 Å². The van der Waals surface area contributed by atoms with Crippen molar-refractivity contribution < 1.29 is 27.9 Å². The first kappa shape index (κ1) is 21.1. The molecule has 0 saturated heterocycles. The fourth-order valence-electron chi connectivity index (χ4n) is 2.57. The Hall–Kier alpha value is -3.17. The van der Waals surface area contributed by atoms with Gasteiger partial charge in [-0.15, -0.1) is 0 Å². The minimum atomic E-state index is -4.68. The maximum absolute atomic E-state index is 13.3. The molecule has 7 nitrogen and oxygen atoms in total. The molecule has 0 aliphatic rings. The fraction of sp³-hybridized carbons (Fsp3) is 0.333. The number of rotatable bonds is 5. The van der Waals surface area contributed by atoms with E-state index in [1.54, 1.807) is 13.8 Å². The first-order chi connectivity index (χ1) is 12.9. The Labute approximate surface area is 157 Å². The number of carboxylic acids is 1. The van der Waals surface area contributed by atoms with Crippen LogP contribution in [0.15, 0.2) is 35.1 Å². The van der Waals surface area contributed by atoms with Crippen LogP contribution in [0.1, 0.15) is 35.6 Å². The van der Waals surface area contributed by atoms with Crippen LogP contribution in [-0.4, -0.2) is 32.8 Å². The Bertz CT molecular complexity index is 967. The Morgan fingerprint density at radius 3 is 2.36 bits per heavy atom. The van der Waals surface area contributed by atoms with E-state index in [0.717, 1.165) is 22.9 Å².